The van der Waals surface area contributed by atoms with Crippen molar-refractivity contribution in [1.29, 1.82) is 0 Å². The number of halogens is 1. The first-order valence-corrected chi connectivity index (χ1v) is 13.1. The smallest absolute Gasteiger partial charge is 0.123 e. The van der Waals surface area contributed by atoms with E-state index in [1.807, 2.05) is 30.3 Å². The van der Waals surface area contributed by atoms with Crippen molar-refractivity contribution in [2.45, 2.75) is 0 Å². The topological polar surface area (TPSA) is 8.17 Å². The Hall–Kier alpha value is -5.15. The predicted molar refractivity (Wildman–Crippen MR) is 161 cm³/mol. The Morgan fingerprint density at radius 3 is 1.64 bits per heavy atom. The number of nitrogens with zero attached hydrogens (tertiary/aromatic N) is 2. The van der Waals surface area contributed by atoms with Crippen molar-refractivity contribution in [3.05, 3.63) is 157 Å². The van der Waals surface area contributed by atoms with Crippen molar-refractivity contribution in [2.24, 2.45) is 0 Å². The van der Waals surface area contributed by atoms with Crippen LogP contribution in [0.15, 0.2) is 152 Å². The molecule has 7 rings (SSSR count). The molecular formula is C36H25FN2. The molecule has 0 aliphatic rings. The van der Waals surface area contributed by atoms with Gasteiger partial charge in [0, 0.05) is 33.5 Å². The number of fused-ring (bicyclic) bond motifs is 3. The lowest BCUT2D eigenvalue weighted by molar-refractivity contribution is 0.627. The highest BCUT2D eigenvalue weighted by Crippen LogP contribution is 2.37. The van der Waals surface area contributed by atoms with Crippen LogP contribution in [-0.4, -0.2) is 4.57 Å². The van der Waals surface area contributed by atoms with E-state index in [-0.39, 0.29) is 5.82 Å². The summed E-state index contributed by atoms with van der Waals surface area (Å²) < 4.78 is 15.9. The fourth-order valence-corrected chi connectivity index (χ4v) is 5.43. The predicted octanol–water partition coefficient (Wildman–Crippen LogP) is 10.1. The molecule has 0 bridgehead atoms. The summed E-state index contributed by atoms with van der Waals surface area (Å²) in [6, 6.07) is 51.3. The first-order valence-electron chi connectivity index (χ1n) is 13.1. The zero-order chi connectivity index (χ0) is 26.2. The summed E-state index contributed by atoms with van der Waals surface area (Å²) in [5.41, 5.74) is 8.79. The molecule has 0 atom stereocenters. The van der Waals surface area contributed by atoms with E-state index in [9.17, 15) is 4.39 Å². The van der Waals surface area contributed by atoms with Gasteiger partial charge >= 0.3 is 0 Å². The van der Waals surface area contributed by atoms with E-state index in [0.29, 0.717) is 0 Å². The lowest BCUT2D eigenvalue weighted by atomic mass is 10.0. The molecule has 0 aliphatic heterocycles. The Morgan fingerprint density at radius 2 is 0.974 bits per heavy atom. The van der Waals surface area contributed by atoms with Crippen LogP contribution in [0.1, 0.15) is 0 Å². The lowest BCUT2D eigenvalue weighted by Crippen LogP contribution is -2.09. The summed E-state index contributed by atoms with van der Waals surface area (Å²) in [5, 5.41) is 2.35. The number of hydrogen-bond acceptors (Lipinski definition) is 1. The molecule has 0 spiro atoms. The van der Waals surface area contributed by atoms with Gasteiger partial charge in [-0.15, -0.1) is 0 Å². The van der Waals surface area contributed by atoms with Gasteiger partial charge in [-0.1, -0.05) is 72.8 Å². The van der Waals surface area contributed by atoms with E-state index in [1.165, 1.54) is 22.9 Å². The Balaban J connectivity index is 1.32. The van der Waals surface area contributed by atoms with Crippen molar-refractivity contribution in [3.63, 3.8) is 0 Å². The van der Waals surface area contributed by atoms with Gasteiger partial charge in [0.05, 0.1) is 11.0 Å². The minimum Gasteiger partial charge on any atom is -0.311 e. The van der Waals surface area contributed by atoms with E-state index < -0.39 is 0 Å². The maximum absolute atomic E-state index is 13.7. The monoisotopic (exact) mass is 504 g/mol. The van der Waals surface area contributed by atoms with Crippen LogP contribution >= 0.6 is 0 Å². The summed E-state index contributed by atoms with van der Waals surface area (Å²) in [6.07, 6.45) is 0. The third kappa shape index (κ3) is 4.14. The van der Waals surface area contributed by atoms with E-state index in [1.54, 1.807) is 0 Å². The molecular weight excluding hydrogens is 479 g/mol. The highest BCUT2D eigenvalue weighted by molar-refractivity contribution is 6.10. The summed E-state index contributed by atoms with van der Waals surface area (Å²) in [4.78, 5) is 2.27. The van der Waals surface area contributed by atoms with Gasteiger partial charge in [-0.3, -0.25) is 0 Å². The molecule has 0 radical (unpaired) electrons. The average molecular weight is 505 g/mol. The molecule has 0 N–H and O–H groups in total. The molecule has 39 heavy (non-hydrogen) atoms. The number of rotatable bonds is 5. The van der Waals surface area contributed by atoms with Crippen LogP contribution in [0.5, 0.6) is 0 Å². The quantitative estimate of drug-likeness (QED) is 0.226. The van der Waals surface area contributed by atoms with Crippen LogP contribution in [0.25, 0.3) is 38.6 Å². The summed E-state index contributed by atoms with van der Waals surface area (Å²) in [6.45, 7) is 0. The molecule has 1 heterocycles. The minimum atomic E-state index is -0.233. The number of benzene rings is 6. The Bertz CT molecular complexity index is 1850. The van der Waals surface area contributed by atoms with Gasteiger partial charge in [0.1, 0.15) is 5.82 Å². The van der Waals surface area contributed by atoms with Gasteiger partial charge in [0.2, 0.25) is 0 Å². The zero-order valence-electron chi connectivity index (χ0n) is 21.2. The summed E-state index contributed by atoms with van der Waals surface area (Å²) >= 11 is 0. The van der Waals surface area contributed by atoms with Crippen LogP contribution in [0.4, 0.5) is 21.5 Å². The first-order chi connectivity index (χ1) is 19.3. The van der Waals surface area contributed by atoms with Crippen molar-refractivity contribution in [2.75, 3.05) is 4.90 Å². The van der Waals surface area contributed by atoms with Crippen LogP contribution in [0.2, 0.25) is 0 Å². The second-order valence-electron chi connectivity index (χ2n) is 9.61. The average Bonchev–Trinajstić information content (AvgIpc) is 3.33. The molecule has 7 aromatic rings. The molecule has 0 saturated carbocycles. The lowest BCUT2D eigenvalue weighted by Gasteiger charge is -2.25. The third-order valence-electron chi connectivity index (χ3n) is 7.25. The molecule has 0 amide bonds. The third-order valence-corrected chi connectivity index (χ3v) is 7.25. The standard InChI is InChI=1S/C36H25FN2/c37-28-18-22-32(23-19-28)39-35-14-8-7-13-33(35)34-25-27(17-24-36(34)39)26-15-20-31(21-16-26)38(29-9-3-1-4-10-29)30-11-5-2-6-12-30/h1-25H. The molecule has 6 aromatic carbocycles. The van der Waals surface area contributed by atoms with E-state index in [4.69, 9.17) is 0 Å². The molecule has 0 saturated heterocycles. The SMILES string of the molecule is Fc1ccc(-n2c3ccccc3c3cc(-c4ccc(N(c5ccccc5)c5ccccc5)cc4)ccc32)cc1. The number of hydrogen-bond donors (Lipinski definition) is 0. The molecule has 0 aliphatic carbocycles. The van der Waals surface area contributed by atoms with Crippen molar-refractivity contribution in [1.82, 2.24) is 4.57 Å². The minimum absolute atomic E-state index is 0.233. The fraction of sp³-hybridized carbons (Fsp3) is 0. The molecule has 186 valence electrons. The Labute approximate surface area is 226 Å². The largest absolute Gasteiger partial charge is 0.311 e. The van der Waals surface area contributed by atoms with E-state index in [2.05, 4.69) is 119 Å². The zero-order valence-corrected chi connectivity index (χ0v) is 21.2. The molecule has 0 unspecified atom stereocenters. The summed E-state index contributed by atoms with van der Waals surface area (Å²) in [7, 11) is 0. The van der Waals surface area contributed by atoms with Gasteiger partial charge in [-0.05, 0) is 90.0 Å². The van der Waals surface area contributed by atoms with Crippen molar-refractivity contribution in [3.8, 4) is 16.8 Å². The Kier molecular flexibility index (Phi) is 5.68. The van der Waals surface area contributed by atoms with Gasteiger partial charge in [0.15, 0.2) is 0 Å². The van der Waals surface area contributed by atoms with Gasteiger partial charge < -0.3 is 9.47 Å². The molecule has 0 fully saturated rings. The maximum Gasteiger partial charge on any atom is 0.123 e. The second-order valence-corrected chi connectivity index (χ2v) is 9.61. The molecule has 1 aromatic heterocycles. The number of anilines is 3. The highest BCUT2D eigenvalue weighted by atomic mass is 19.1. The van der Waals surface area contributed by atoms with E-state index in [0.717, 1.165) is 44.9 Å². The summed E-state index contributed by atoms with van der Waals surface area (Å²) in [5.74, 6) is -0.233. The van der Waals surface area contributed by atoms with Crippen LogP contribution < -0.4 is 4.90 Å². The van der Waals surface area contributed by atoms with Crippen LogP contribution in [0, 0.1) is 5.82 Å². The highest BCUT2D eigenvalue weighted by Gasteiger charge is 2.15. The van der Waals surface area contributed by atoms with Gasteiger partial charge in [-0.25, -0.2) is 4.39 Å². The van der Waals surface area contributed by atoms with Gasteiger partial charge in [0.25, 0.3) is 0 Å². The molecule has 3 heteroatoms. The normalized spacial score (nSPS) is 11.2. The van der Waals surface area contributed by atoms with Crippen LogP contribution in [-0.2, 0) is 0 Å². The Morgan fingerprint density at radius 1 is 0.436 bits per heavy atom. The fourth-order valence-electron chi connectivity index (χ4n) is 5.43. The van der Waals surface area contributed by atoms with E-state index >= 15 is 0 Å². The van der Waals surface area contributed by atoms with Crippen molar-refractivity contribution >= 4 is 38.9 Å². The first kappa shape index (κ1) is 23.0. The van der Waals surface area contributed by atoms with Gasteiger partial charge in [-0.2, -0.15) is 0 Å². The number of para-hydroxylation sites is 3. The van der Waals surface area contributed by atoms with Crippen LogP contribution in [0.3, 0.4) is 0 Å². The molecule has 2 nitrogen and oxygen atoms in total. The number of aromatic nitrogens is 1. The maximum atomic E-state index is 13.7. The second kappa shape index (κ2) is 9.62. The van der Waals surface area contributed by atoms with Crippen molar-refractivity contribution < 1.29 is 4.39 Å².